The number of nitrogens with zero attached hydrogens (tertiary/aromatic N) is 1. The molecule has 2 amide bonds. The fourth-order valence-corrected chi connectivity index (χ4v) is 1.43. The minimum Gasteiger partial charge on any atom is -0.455 e. The summed E-state index contributed by atoms with van der Waals surface area (Å²) < 4.78 is 5.20. The second-order valence-electron chi connectivity index (χ2n) is 4.02. The molecule has 0 aliphatic carbocycles. The second-order valence-corrected chi connectivity index (χ2v) is 4.02. The van der Waals surface area contributed by atoms with Crippen LogP contribution < -0.4 is 11.1 Å². The summed E-state index contributed by atoms with van der Waals surface area (Å²) >= 11 is 0. The van der Waals surface area contributed by atoms with Crippen molar-refractivity contribution in [3.63, 3.8) is 0 Å². The van der Waals surface area contributed by atoms with Gasteiger partial charge in [0.25, 0.3) is 5.91 Å². The van der Waals surface area contributed by atoms with Crippen LogP contribution in [-0.4, -0.2) is 36.3 Å². The molecule has 0 saturated carbocycles. The lowest BCUT2D eigenvalue weighted by molar-refractivity contribution is -0.131. The van der Waals surface area contributed by atoms with Crippen molar-refractivity contribution >= 4 is 11.8 Å². The molecule has 0 aliphatic heterocycles. The van der Waals surface area contributed by atoms with Crippen LogP contribution in [0.4, 0.5) is 0 Å². The van der Waals surface area contributed by atoms with E-state index in [1.165, 1.54) is 6.07 Å². The zero-order chi connectivity index (χ0) is 13.7. The van der Waals surface area contributed by atoms with Crippen molar-refractivity contribution in [3.05, 3.63) is 23.7 Å². The molecule has 100 valence electrons. The van der Waals surface area contributed by atoms with Crippen LogP contribution in [0.1, 0.15) is 30.2 Å². The highest BCUT2D eigenvalue weighted by Gasteiger charge is 2.20. The zero-order valence-electron chi connectivity index (χ0n) is 10.9. The first kappa shape index (κ1) is 14.2. The van der Waals surface area contributed by atoms with Crippen molar-refractivity contribution < 1.29 is 14.0 Å². The highest BCUT2D eigenvalue weighted by molar-refractivity contribution is 5.95. The lowest BCUT2D eigenvalue weighted by Crippen LogP contribution is -2.45. The fourth-order valence-electron chi connectivity index (χ4n) is 1.43. The lowest BCUT2D eigenvalue weighted by atomic mass is 10.2. The predicted molar refractivity (Wildman–Crippen MR) is 66.8 cm³/mol. The standard InChI is InChI=1S/C12H19N3O3/c1-4-15(3)12(17)8(2)14-11(16)10-6-5-9(7-13)18-10/h5-6,8H,4,7,13H2,1-3H3,(H,14,16). The summed E-state index contributed by atoms with van der Waals surface area (Å²) in [5, 5.41) is 2.58. The minimum absolute atomic E-state index is 0.142. The van der Waals surface area contributed by atoms with E-state index in [0.29, 0.717) is 12.3 Å². The Morgan fingerprint density at radius 1 is 1.50 bits per heavy atom. The lowest BCUT2D eigenvalue weighted by Gasteiger charge is -2.20. The molecular formula is C12H19N3O3. The third-order valence-corrected chi connectivity index (χ3v) is 2.66. The maximum Gasteiger partial charge on any atom is 0.287 e. The van der Waals surface area contributed by atoms with Crippen molar-refractivity contribution in [1.29, 1.82) is 0 Å². The molecule has 0 spiro atoms. The summed E-state index contributed by atoms with van der Waals surface area (Å²) in [6.45, 7) is 4.34. The quantitative estimate of drug-likeness (QED) is 0.791. The van der Waals surface area contributed by atoms with E-state index in [9.17, 15) is 9.59 Å². The van der Waals surface area contributed by atoms with Crippen molar-refractivity contribution in [2.45, 2.75) is 26.4 Å². The summed E-state index contributed by atoms with van der Waals surface area (Å²) in [5.41, 5.74) is 5.38. The molecule has 1 heterocycles. The first-order valence-corrected chi connectivity index (χ1v) is 5.84. The molecule has 0 aliphatic rings. The number of hydrogen-bond acceptors (Lipinski definition) is 4. The second kappa shape index (κ2) is 6.20. The Labute approximate surface area is 106 Å². The number of furan rings is 1. The van der Waals surface area contributed by atoms with E-state index >= 15 is 0 Å². The van der Waals surface area contributed by atoms with Crippen molar-refractivity contribution in [2.24, 2.45) is 5.73 Å². The van der Waals surface area contributed by atoms with Gasteiger partial charge in [-0.3, -0.25) is 9.59 Å². The molecule has 1 rings (SSSR count). The van der Waals surface area contributed by atoms with E-state index < -0.39 is 11.9 Å². The van der Waals surface area contributed by atoms with Gasteiger partial charge in [-0.1, -0.05) is 0 Å². The van der Waals surface area contributed by atoms with Crippen LogP contribution >= 0.6 is 0 Å². The highest BCUT2D eigenvalue weighted by Crippen LogP contribution is 2.07. The molecule has 6 nitrogen and oxygen atoms in total. The van der Waals surface area contributed by atoms with E-state index in [0.717, 1.165) is 0 Å². The molecule has 0 fully saturated rings. The first-order chi connectivity index (χ1) is 8.49. The molecule has 18 heavy (non-hydrogen) atoms. The maximum absolute atomic E-state index is 11.8. The summed E-state index contributed by atoms with van der Waals surface area (Å²) in [6.07, 6.45) is 0. The van der Waals surface area contributed by atoms with Gasteiger partial charge in [0.05, 0.1) is 6.54 Å². The Bertz CT molecular complexity index is 428. The van der Waals surface area contributed by atoms with Gasteiger partial charge in [0.1, 0.15) is 11.8 Å². The number of carbonyl (C=O) groups excluding carboxylic acids is 2. The normalized spacial score (nSPS) is 12.0. The van der Waals surface area contributed by atoms with Gasteiger partial charge in [-0.05, 0) is 26.0 Å². The highest BCUT2D eigenvalue weighted by atomic mass is 16.4. The molecule has 1 atom stereocenters. The van der Waals surface area contributed by atoms with Gasteiger partial charge in [0, 0.05) is 13.6 Å². The van der Waals surface area contributed by atoms with Crippen molar-refractivity contribution in [2.75, 3.05) is 13.6 Å². The smallest absolute Gasteiger partial charge is 0.287 e. The van der Waals surface area contributed by atoms with Gasteiger partial charge < -0.3 is 20.4 Å². The Kier molecular flexibility index (Phi) is 4.91. The van der Waals surface area contributed by atoms with E-state index in [1.54, 1.807) is 24.9 Å². The fraction of sp³-hybridized carbons (Fsp3) is 0.500. The van der Waals surface area contributed by atoms with Crippen molar-refractivity contribution in [3.8, 4) is 0 Å². The van der Waals surface area contributed by atoms with E-state index in [1.807, 2.05) is 6.92 Å². The third-order valence-electron chi connectivity index (χ3n) is 2.66. The number of amides is 2. The number of nitrogens with two attached hydrogens (primary N) is 1. The van der Waals surface area contributed by atoms with Crippen molar-refractivity contribution in [1.82, 2.24) is 10.2 Å². The number of rotatable bonds is 5. The molecule has 0 bridgehead atoms. The Hall–Kier alpha value is -1.82. The van der Waals surface area contributed by atoms with Gasteiger partial charge >= 0.3 is 0 Å². The molecule has 0 aromatic carbocycles. The molecule has 0 radical (unpaired) electrons. The summed E-state index contributed by atoms with van der Waals surface area (Å²) in [7, 11) is 1.68. The van der Waals surface area contributed by atoms with Crippen LogP contribution in [0.25, 0.3) is 0 Å². The molecule has 3 N–H and O–H groups in total. The van der Waals surface area contributed by atoms with Crippen LogP contribution in [0.15, 0.2) is 16.5 Å². The number of hydrogen-bond donors (Lipinski definition) is 2. The van der Waals surface area contributed by atoms with Crippen LogP contribution in [0, 0.1) is 0 Å². The van der Waals surface area contributed by atoms with Crippen LogP contribution in [-0.2, 0) is 11.3 Å². The Morgan fingerprint density at radius 2 is 2.17 bits per heavy atom. The predicted octanol–water partition coefficient (Wildman–Crippen LogP) is 0.335. The first-order valence-electron chi connectivity index (χ1n) is 5.84. The number of likely N-dealkylation sites (N-methyl/N-ethyl adjacent to an activating group) is 1. The SMILES string of the molecule is CCN(C)C(=O)C(C)NC(=O)c1ccc(CN)o1. The molecule has 1 unspecified atom stereocenters. The van der Waals surface area contributed by atoms with E-state index in [4.69, 9.17) is 10.2 Å². The van der Waals surface area contributed by atoms with E-state index in [2.05, 4.69) is 5.32 Å². The summed E-state index contributed by atoms with van der Waals surface area (Å²) in [4.78, 5) is 25.1. The number of nitrogens with one attached hydrogen (secondary N) is 1. The van der Waals surface area contributed by atoms with Gasteiger partial charge in [0.15, 0.2) is 5.76 Å². The summed E-state index contributed by atoms with van der Waals surface area (Å²) in [5.74, 6) is 0.135. The van der Waals surface area contributed by atoms with Gasteiger partial charge in [-0.2, -0.15) is 0 Å². The monoisotopic (exact) mass is 253 g/mol. The van der Waals surface area contributed by atoms with Gasteiger partial charge in [-0.15, -0.1) is 0 Å². The van der Waals surface area contributed by atoms with Crippen LogP contribution in [0.3, 0.4) is 0 Å². The third kappa shape index (κ3) is 3.33. The van der Waals surface area contributed by atoms with Gasteiger partial charge in [-0.25, -0.2) is 0 Å². The molecule has 1 aromatic rings. The minimum atomic E-state index is -0.589. The van der Waals surface area contributed by atoms with Crippen LogP contribution in [0.5, 0.6) is 0 Å². The maximum atomic E-state index is 11.8. The average Bonchev–Trinajstić information content (AvgIpc) is 2.85. The van der Waals surface area contributed by atoms with E-state index in [-0.39, 0.29) is 18.2 Å². The largest absolute Gasteiger partial charge is 0.455 e. The molecular weight excluding hydrogens is 234 g/mol. The molecule has 6 heteroatoms. The molecule has 0 saturated heterocycles. The Morgan fingerprint density at radius 3 is 2.67 bits per heavy atom. The summed E-state index contributed by atoms with van der Waals surface area (Å²) in [6, 6.07) is 2.59. The molecule has 1 aromatic heterocycles. The van der Waals surface area contributed by atoms with Gasteiger partial charge in [0.2, 0.25) is 5.91 Å². The number of carbonyl (C=O) groups is 2. The average molecular weight is 253 g/mol. The topological polar surface area (TPSA) is 88.6 Å². The van der Waals surface area contributed by atoms with Crippen LogP contribution in [0.2, 0.25) is 0 Å². The zero-order valence-corrected chi connectivity index (χ0v) is 10.9. The Balaban J connectivity index is 2.61.